The van der Waals surface area contributed by atoms with Gasteiger partial charge in [0, 0.05) is 37.6 Å². The number of morpholine rings is 1. The second kappa shape index (κ2) is 11.0. The molecule has 0 saturated carbocycles. The minimum atomic E-state index is 0.613. The lowest BCUT2D eigenvalue weighted by Gasteiger charge is -2.30. The molecule has 0 spiro atoms. The second-order valence-electron chi connectivity index (χ2n) is 8.24. The highest BCUT2D eigenvalue weighted by molar-refractivity contribution is 5.80. The summed E-state index contributed by atoms with van der Waals surface area (Å²) in [6, 6.07) is 19.0. The quantitative estimate of drug-likeness (QED) is 0.429. The van der Waals surface area contributed by atoms with E-state index in [4.69, 9.17) is 9.73 Å². The van der Waals surface area contributed by atoms with Gasteiger partial charge in [-0.3, -0.25) is 0 Å². The maximum atomic E-state index is 5.52. The number of aromatic nitrogens is 2. The first-order valence-corrected chi connectivity index (χ1v) is 11.7. The minimum absolute atomic E-state index is 0.613. The molecular weight excluding hydrogens is 412 g/mol. The number of nitrogens with zero attached hydrogens (tertiary/aromatic N) is 4. The average Bonchev–Trinajstić information content (AvgIpc) is 3.19. The Bertz CT molecular complexity index is 1080. The lowest BCUT2D eigenvalue weighted by molar-refractivity contribution is 0.122. The Morgan fingerprint density at radius 1 is 0.970 bits per heavy atom. The summed E-state index contributed by atoms with van der Waals surface area (Å²) in [6.45, 7) is 11.7. The summed E-state index contributed by atoms with van der Waals surface area (Å²) in [5, 5.41) is 11.6. The Balaban J connectivity index is 1.49. The van der Waals surface area contributed by atoms with Crippen molar-refractivity contribution >= 4 is 11.6 Å². The number of guanidine groups is 1. The zero-order valence-electron chi connectivity index (χ0n) is 19.8. The molecule has 2 heterocycles. The van der Waals surface area contributed by atoms with Crippen molar-refractivity contribution in [1.29, 1.82) is 0 Å². The number of anilines is 1. The number of aliphatic imine (C=N–C) groups is 1. The van der Waals surface area contributed by atoms with E-state index in [9.17, 15) is 0 Å². The first-order chi connectivity index (χ1) is 16.2. The van der Waals surface area contributed by atoms with Gasteiger partial charge in [-0.25, -0.2) is 9.67 Å². The number of para-hydroxylation sites is 2. The van der Waals surface area contributed by atoms with E-state index in [0.717, 1.165) is 55.9 Å². The molecule has 174 valence electrons. The molecule has 1 fully saturated rings. The Kier molecular flexibility index (Phi) is 7.62. The summed E-state index contributed by atoms with van der Waals surface area (Å²) in [6.07, 6.45) is 0. The molecule has 7 heteroatoms. The van der Waals surface area contributed by atoms with E-state index >= 15 is 0 Å². The Morgan fingerprint density at radius 2 is 1.67 bits per heavy atom. The van der Waals surface area contributed by atoms with Gasteiger partial charge in [0.2, 0.25) is 0 Å². The molecular formula is C26H34N6O. The van der Waals surface area contributed by atoms with Crippen molar-refractivity contribution in [2.75, 3.05) is 37.7 Å². The van der Waals surface area contributed by atoms with E-state index in [-0.39, 0.29) is 0 Å². The van der Waals surface area contributed by atoms with Gasteiger partial charge in [-0.1, -0.05) is 36.4 Å². The first kappa shape index (κ1) is 22.9. The van der Waals surface area contributed by atoms with Crippen LogP contribution in [0.5, 0.6) is 0 Å². The topological polar surface area (TPSA) is 66.7 Å². The van der Waals surface area contributed by atoms with Crippen molar-refractivity contribution in [2.45, 2.75) is 33.9 Å². The van der Waals surface area contributed by atoms with Gasteiger partial charge in [-0.05, 0) is 50.1 Å². The summed E-state index contributed by atoms with van der Waals surface area (Å²) >= 11 is 0. The standard InChI is InChI=1S/C26H34N6O/c1-4-27-26(28-18-22-9-5-7-11-24(22)31-13-15-33-16-14-31)29-19-23-10-6-8-12-25(23)32-21(3)17-20(2)30-32/h5-12,17H,4,13-16,18-19H2,1-3H3,(H2,27,28,29). The number of aryl methyl sites for hydroxylation is 2. The molecule has 4 rings (SSSR count). The molecule has 7 nitrogen and oxygen atoms in total. The third kappa shape index (κ3) is 5.73. The number of rotatable bonds is 7. The second-order valence-corrected chi connectivity index (χ2v) is 8.24. The van der Waals surface area contributed by atoms with E-state index in [1.165, 1.54) is 16.8 Å². The van der Waals surface area contributed by atoms with Crippen molar-refractivity contribution in [3.63, 3.8) is 0 Å². The monoisotopic (exact) mass is 446 g/mol. The van der Waals surface area contributed by atoms with Crippen molar-refractivity contribution < 1.29 is 4.74 Å². The third-order valence-electron chi connectivity index (χ3n) is 5.77. The number of hydrogen-bond donors (Lipinski definition) is 2. The molecule has 3 aromatic rings. The summed E-state index contributed by atoms with van der Waals surface area (Å²) in [5.41, 5.74) is 6.87. The summed E-state index contributed by atoms with van der Waals surface area (Å²) < 4.78 is 7.53. The lowest BCUT2D eigenvalue weighted by atomic mass is 10.1. The number of ether oxygens (including phenoxy) is 1. The Morgan fingerprint density at radius 3 is 2.36 bits per heavy atom. The van der Waals surface area contributed by atoms with Crippen LogP contribution in [-0.2, 0) is 17.8 Å². The smallest absolute Gasteiger partial charge is 0.191 e. The summed E-state index contributed by atoms with van der Waals surface area (Å²) in [4.78, 5) is 7.28. The van der Waals surface area contributed by atoms with Crippen LogP contribution in [0, 0.1) is 13.8 Å². The molecule has 0 radical (unpaired) electrons. The number of benzene rings is 2. The fourth-order valence-electron chi connectivity index (χ4n) is 4.18. The Hall–Kier alpha value is -3.32. The minimum Gasteiger partial charge on any atom is -0.378 e. The van der Waals surface area contributed by atoms with Crippen molar-refractivity contribution in [3.8, 4) is 5.69 Å². The van der Waals surface area contributed by atoms with Crippen LogP contribution in [0.25, 0.3) is 5.69 Å². The predicted octanol–water partition coefficient (Wildman–Crippen LogP) is 3.58. The molecule has 0 aliphatic carbocycles. The first-order valence-electron chi connectivity index (χ1n) is 11.7. The van der Waals surface area contributed by atoms with Crippen LogP contribution < -0.4 is 15.5 Å². The SMILES string of the molecule is CCNC(=NCc1ccccc1N1CCOCC1)NCc1ccccc1-n1nc(C)cc1C. The van der Waals surface area contributed by atoms with Gasteiger partial charge in [-0.15, -0.1) is 0 Å². The molecule has 2 N–H and O–H groups in total. The van der Waals surface area contributed by atoms with E-state index in [2.05, 4.69) is 89.1 Å². The molecule has 0 bridgehead atoms. The zero-order valence-corrected chi connectivity index (χ0v) is 19.8. The van der Waals surface area contributed by atoms with E-state index < -0.39 is 0 Å². The van der Waals surface area contributed by atoms with Crippen molar-refractivity contribution in [3.05, 3.63) is 77.1 Å². The van der Waals surface area contributed by atoms with Gasteiger partial charge < -0.3 is 20.3 Å². The normalized spacial score (nSPS) is 14.4. The van der Waals surface area contributed by atoms with Crippen molar-refractivity contribution in [1.82, 2.24) is 20.4 Å². The van der Waals surface area contributed by atoms with E-state index in [0.29, 0.717) is 13.1 Å². The highest BCUT2D eigenvalue weighted by Crippen LogP contribution is 2.22. The van der Waals surface area contributed by atoms with Gasteiger partial charge in [0.1, 0.15) is 0 Å². The van der Waals surface area contributed by atoms with Gasteiger partial charge in [-0.2, -0.15) is 5.10 Å². The fourth-order valence-corrected chi connectivity index (χ4v) is 4.18. The maximum absolute atomic E-state index is 5.52. The van der Waals surface area contributed by atoms with Crippen LogP contribution in [0.3, 0.4) is 0 Å². The molecule has 1 aliphatic rings. The highest BCUT2D eigenvalue weighted by atomic mass is 16.5. The molecule has 2 aromatic carbocycles. The van der Waals surface area contributed by atoms with Gasteiger partial charge >= 0.3 is 0 Å². The van der Waals surface area contributed by atoms with Crippen LogP contribution in [-0.4, -0.2) is 48.6 Å². The predicted molar refractivity (Wildman–Crippen MR) is 134 cm³/mol. The van der Waals surface area contributed by atoms with Crippen LogP contribution >= 0.6 is 0 Å². The maximum Gasteiger partial charge on any atom is 0.191 e. The highest BCUT2D eigenvalue weighted by Gasteiger charge is 2.14. The molecule has 1 aliphatic heterocycles. The average molecular weight is 447 g/mol. The Labute approximate surface area is 196 Å². The van der Waals surface area contributed by atoms with Crippen LogP contribution in [0.1, 0.15) is 29.4 Å². The molecule has 1 saturated heterocycles. The van der Waals surface area contributed by atoms with E-state index in [1.807, 2.05) is 11.6 Å². The molecule has 1 aromatic heterocycles. The fraction of sp³-hybridized carbons (Fsp3) is 0.385. The van der Waals surface area contributed by atoms with Gasteiger partial charge in [0.05, 0.1) is 31.1 Å². The van der Waals surface area contributed by atoms with Gasteiger partial charge in [0.25, 0.3) is 0 Å². The van der Waals surface area contributed by atoms with Crippen LogP contribution in [0.15, 0.2) is 59.6 Å². The third-order valence-corrected chi connectivity index (χ3v) is 5.77. The number of hydrogen-bond acceptors (Lipinski definition) is 4. The largest absolute Gasteiger partial charge is 0.378 e. The van der Waals surface area contributed by atoms with Gasteiger partial charge in [0.15, 0.2) is 5.96 Å². The summed E-state index contributed by atoms with van der Waals surface area (Å²) in [7, 11) is 0. The molecule has 0 amide bonds. The molecule has 33 heavy (non-hydrogen) atoms. The van der Waals surface area contributed by atoms with Crippen LogP contribution in [0.2, 0.25) is 0 Å². The molecule has 0 atom stereocenters. The molecule has 0 unspecified atom stereocenters. The van der Waals surface area contributed by atoms with Crippen molar-refractivity contribution in [2.24, 2.45) is 4.99 Å². The zero-order chi connectivity index (χ0) is 23.0. The lowest BCUT2D eigenvalue weighted by Crippen LogP contribution is -2.37. The summed E-state index contributed by atoms with van der Waals surface area (Å²) in [5.74, 6) is 0.803. The number of nitrogens with one attached hydrogen (secondary N) is 2. The van der Waals surface area contributed by atoms with Crippen LogP contribution in [0.4, 0.5) is 5.69 Å². The van der Waals surface area contributed by atoms with E-state index in [1.54, 1.807) is 0 Å².